The Morgan fingerprint density at radius 1 is 0.967 bits per heavy atom. The zero-order chi connectivity index (χ0) is 22.3. The van der Waals surface area contributed by atoms with Crippen molar-refractivity contribution in [3.8, 4) is 0 Å². The number of nitrogens with two attached hydrogens (primary N) is 1. The first kappa shape index (κ1) is 23.2. The van der Waals surface area contributed by atoms with Crippen molar-refractivity contribution in [3.63, 3.8) is 0 Å². The maximum absolute atomic E-state index is 12.5. The van der Waals surface area contributed by atoms with Crippen LogP contribution < -0.4 is 16.4 Å². The second kappa shape index (κ2) is 10.1. The first-order chi connectivity index (χ1) is 14.1. The number of nitrogens with one attached hydrogen (secondary N) is 2. The van der Waals surface area contributed by atoms with E-state index in [1.54, 1.807) is 57.2 Å². The lowest BCUT2D eigenvalue weighted by Crippen LogP contribution is -2.35. The topological polar surface area (TPSA) is 118 Å². The number of anilines is 1. The van der Waals surface area contributed by atoms with Gasteiger partial charge < -0.3 is 16.4 Å². The number of Topliss-reactive ketones (excluding diaryl/α,β-unsaturated/α-hetero) is 1. The maximum atomic E-state index is 12.5. The zero-order valence-electron chi connectivity index (χ0n) is 17.2. The van der Waals surface area contributed by atoms with E-state index in [9.17, 15) is 19.2 Å². The molecule has 0 aromatic heterocycles. The van der Waals surface area contributed by atoms with Gasteiger partial charge >= 0.3 is 0 Å². The summed E-state index contributed by atoms with van der Waals surface area (Å²) in [6.45, 7) is 5.34. The van der Waals surface area contributed by atoms with Crippen molar-refractivity contribution in [1.29, 1.82) is 0 Å². The van der Waals surface area contributed by atoms with Gasteiger partial charge in [0.05, 0.1) is 17.9 Å². The summed E-state index contributed by atoms with van der Waals surface area (Å²) in [6.07, 6.45) is 0. The first-order valence-corrected chi connectivity index (χ1v) is 10.3. The number of hydrogen-bond acceptors (Lipinski definition) is 5. The van der Waals surface area contributed by atoms with Gasteiger partial charge in [-0.15, -0.1) is 11.8 Å². The molecule has 4 N–H and O–H groups in total. The lowest BCUT2D eigenvalue weighted by molar-refractivity contribution is -0.125. The highest BCUT2D eigenvalue weighted by atomic mass is 32.2. The van der Waals surface area contributed by atoms with Crippen molar-refractivity contribution >= 4 is 41.0 Å². The van der Waals surface area contributed by atoms with E-state index in [2.05, 4.69) is 10.6 Å². The highest BCUT2D eigenvalue weighted by Gasteiger charge is 2.22. The van der Waals surface area contributed by atoms with Gasteiger partial charge in [0.2, 0.25) is 11.8 Å². The Kier molecular flexibility index (Phi) is 7.77. The van der Waals surface area contributed by atoms with Crippen molar-refractivity contribution < 1.29 is 19.2 Å². The third-order valence-electron chi connectivity index (χ3n) is 4.19. The van der Waals surface area contributed by atoms with Crippen molar-refractivity contribution in [2.45, 2.75) is 25.7 Å². The molecular weight excluding hydrogens is 402 g/mol. The molecule has 8 heteroatoms. The minimum Gasteiger partial charge on any atom is -0.366 e. The number of benzene rings is 2. The Balaban J connectivity index is 1.95. The molecule has 0 bridgehead atoms. The van der Waals surface area contributed by atoms with Crippen LogP contribution in [0.2, 0.25) is 0 Å². The molecule has 30 heavy (non-hydrogen) atoms. The van der Waals surface area contributed by atoms with Gasteiger partial charge in [-0.3, -0.25) is 19.2 Å². The Morgan fingerprint density at radius 2 is 1.60 bits per heavy atom. The molecule has 158 valence electrons. The van der Waals surface area contributed by atoms with Crippen LogP contribution in [0.3, 0.4) is 0 Å². The molecule has 0 saturated heterocycles. The average Bonchev–Trinajstić information content (AvgIpc) is 2.70. The molecule has 0 aliphatic rings. The molecule has 0 spiro atoms. The molecule has 0 radical (unpaired) electrons. The third-order valence-corrected chi connectivity index (χ3v) is 5.26. The molecular formula is C22H25N3O4S. The number of amides is 3. The smallest absolute Gasteiger partial charge is 0.252 e. The maximum Gasteiger partial charge on any atom is 0.252 e. The molecule has 3 amide bonds. The molecule has 7 nitrogen and oxygen atoms in total. The van der Waals surface area contributed by atoms with Crippen LogP contribution in [0.15, 0.2) is 53.4 Å². The summed E-state index contributed by atoms with van der Waals surface area (Å²) in [5.74, 6) is -1.14. The van der Waals surface area contributed by atoms with Crippen LogP contribution in [0.4, 0.5) is 5.69 Å². The van der Waals surface area contributed by atoms with Gasteiger partial charge in [-0.2, -0.15) is 0 Å². The number of primary amides is 1. The lowest BCUT2D eigenvalue weighted by atomic mass is 9.91. The van der Waals surface area contributed by atoms with Gasteiger partial charge in [0.25, 0.3) is 5.91 Å². The molecule has 0 aliphatic heterocycles. The summed E-state index contributed by atoms with van der Waals surface area (Å²) in [7, 11) is 0. The number of carbonyl (C=O) groups excluding carboxylic acids is 4. The molecule has 0 heterocycles. The van der Waals surface area contributed by atoms with E-state index in [-0.39, 0.29) is 29.9 Å². The standard InChI is InChI=1S/C22H25N3O4S/c1-22(2,3)18(26)12-24-21(29)16-6-4-5-7-17(16)30-13-19(27)25-15-10-8-14(9-11-15)20(23)28/h4-11H,12-13H2,1-3H3,(H2,23,28)(H,24,29)(H,25,27). The van der Waals surface area contributed by atoms with Crippen molar-refractivity contribution in [2.24, 2.45) is 11.1 Å². The quantitative estimate of drug-likeness (QED) is 0.560. The summed E-state index contributed by atoms with van der Waals surface area (Å²) >= 11 is 1.22. The van der Waals surface area contributed by atoms with E-state index in [1.807, 2.05) is 0 Å². The Hall–Kier alpha value is -3.13. The Morgan fingerprint density at radius 3 is 2.20 bits per heavy atom. The van der Waals surface area contributed by atoms with Gasteiger partial charge in [0, 0.05) is 21.6 Å². The summed E-state index contributed by atoms with van der Waals surface area (Å²) in [6, 6.07) is 13.2. The second-order valence-electron chi connectivity index (χ2n) is 7.63. The fraction of sp³-hybridized carbons (Fsp3) is 0.273. The molecule has 0 unspecified atom stereocenters. The predicted molar refractivity (Wildman–Crippen MR) is 118 cm³/mol. The van der Waals surface area contributed by atoms with Crippen molar-refractivity contribution in [3.05, 3.63) is 59.7 Å². The number of ketones is 1. The van der Waals surface area contributed by atoms with Crippen molar-refractivity contribution in [1.82, 2.24) is 5.32 Å². The first-order valence-electron chi connectivity index (χ1n) is 9.31. The van der Waals surface area contributed by atoms with Crippen LogP contribution in [0.1, 0.15) is 41.5 Å². The highest BCUT2D eigenvalue weighted by molar-refractivity contribution is 8.00. The fourth-order valence-corrected chi connectivity index (χ4v) is 3.21. The third kappa shape index (κ3) is 6.73. The van der Waals surface area contributed by atoms with Gasteiger partial charge in [0.15, 0.2) is 5.78 Å². The summed E-state index contributed by atoms with van der Waals surface area (Å²) in [5.41, 5.74) is 5.96. The van der Waals surface area contributed by atoms with E-state index < -0.39 is 11.3 Å². The highest BCUT2D eigenvalue weighted by Crippen LogP contribution is 2.23. The minimum atomic E-state index is -0.539. The van der Waals surface area contributed by atoms with Gasteiger partial charge in [0.1, 0.15) is 0 Å². The van der Waals surface area contributed by atoms with E-state index >= 15 is 0 Å². The SMILES string of the molecule is CC(C)(C)C(=O)CNC(=O)c1ccccc1SCC(=O)Nc1ccc(C(N)=O)cc1. The number of rotatable bonds is 8. The number of thioether (sulfide) groups is 1. The Labute approximate surface area is 179 Å². The van der Waals surface area contributed by atoms with Crippen LogP contribution in [0.25, 0.3) is 0 Å². The van der Waals surface area contributed by atoms with Crippen LogP contribution in [0.5, 0.6) is 0 Å². The number of hydrogen-bond donors (Lipinski definition) is 3. The minimum absolute atomic E-state index is 0.0525. The van der Waals surface area contributed by atoms with Crippen LogP contribution >= 0.6 is 11.8 Å². The zero-order valence-corrected chi connectivity index (χ0v) is 18.0. The monoisotopic (exact) mass is 427 g/mol. The molecule has 0 atom stereocenters. The van der Waals surface area contributed by atoms with Gasteiger partial charge in [-0.25, -0.2) is 0 Å². The normalized spacial score (nSPS) is 10.9. The largest absolute Gasteiger partial charge is 0.366 e. The van der Waals surface area contributed by atoms with E-state index in [4.69, 9.17) is 5.73 Å². The van der Waals surface area contributed by atoms with Crippen LogP contribution in [-0.2, 0) is 9.59 Å². The van der Waals surface area contributed by atoms with E-state index in [0.29, 0.717) is 21.7 Å². The second-order valence-corrected chi connectivity index (χ2v) is 8.65. The molecule has 0 aliphatic carbocycles. The summed E-state index contributed by atoms with van der Waals surface area (Å²) in [4.78, 5) is 48.5. The fourth-order valence-electron chi connectivity index (χ4n) is 2.36. The molecule has 2 aromatic rings. The average molecular weight is 428 g/mol. The summed E-state index contributed by atoms with van der Waals surface area (Å²) in [5, 5.41) is 5.37. The number of carbonyl (C=O) groups is 4. The van der Waals surface area contributed by atoms with Crippen molar-refractivity contribution in [2.75, 3.05) is 17.6 Å². The van der Waals surface area contributed by atoms with Gasteiger partial charge in [-0.05, 0) is 36.4 Å². The molecule has 2 aromatic carbocycles. The molecule has 2 rings (SSSR count). The molecule has 0 fully saturated rings. The Bertz CT molecular complexity index is 950. The lowest BCUT2D eigenvalue weighted by Gasteiger charge is -2.17. The van der Waals surface area contributed by atoms with Crippen LogP contribution in [-0.4, -0.2) is 35.8 Å². The van der Waals surface area contributed by atoms with E-state index in [1.165, 1.54) is 23.9 Å². The summed E-state index contributed by atoms with van der Waals surface area (Å²) < 4.78 is 0. The van der Waals surface area contributed by atoms with E-state index in [0.717, 1.165) is 0 Å². The van der Waals surface area contributed by atoms with Crippen LogP contribution in [0, 0.1) is 5.41 Å². The van der Waals surface area contributed by atoms with Gasteiger partial charge in [-0.1, -0.05) is 32.9 Å². The predicted octanol–water partition coefficient (Wildman–Crippen LogP) is 2.86. The molecule has 0 saturated carbocycles.